The van der Waals surface area contributed by atoms with Crippen molar-refractivity contribution in [2.45, 2.75) is 33.1 Å². The number of anilines is 2. The van der Waals surface area contributed by atoms with Gasteiger partial charge >= 0.3 is 0 Å². The number of nitrogens with one attached hydrogen (secondary N) is 1. The minimum absolute atomic E-state index is 0.219. The van der Waals surface area contributed by atoms with Gasteiger partial charge in [-0.1, -0.05) is 17.7 Å². The molecule has 1 aromatic carbocycles. The number of amides is 1. The second-order valence-electron chi connectivity index (χ2n) is 6.08. The number of piperidine rings is 1. The van der Waals surface area contributed by atoms with Gasteiger partial charge in [-0.25, -0.2) is 9.97 Å². The summed E-state index contributed by atoms with van der Waals surface area (Å²) in [6, 6.07) is 5.44. The van der Waals surface area contributed by atoms with Crippen molar-refractivity contribution in [3.8, 4) is 0 Å². The van der Waals surface area contributed by atoms with E-state index < -0.39 is 0 Å². The van der Waals surface area contributed by atoms with E-state index in [1.165, 1.54) is 19.3 Å². The molecule has 0 aliphatic carbocycles. The number of carbonyl (C=O) groups excluding carboxylic acids is 1. The van der Waals surface area contributed by atoms with Crippen molar-refractivity contribution in [3.05, 3.63) is 46.2 Å². The molecule has 2 aromatic rings. The summed E-state index contributed by atoms with van der Waals surface area (Å²) in [6.07, 6.45) is 5.20. The van der Waals surface area contributed by atoms with Crippen molar-refractivity contribution in [1.82, 2.24) is 9.97 Å². The fourth-order valence-corrected chi connectivity index (χ4v) is 3.03. The van der Waals surface area contributed by atoms with E-state index in [0.717, 1.165) is 18.7 Å². The Labute approximate surface area is 147 Å². The topological polar surface area (TPSA) is 58.1 Å². The van der Waals surface area contributed by atoms with E-state index in [4.69, 9.17) is 11.6 Å². The van der Waals surface area contributed by atoms with Crippen LogP contribution in [0.3, 0.4) is 0 Å². The Morgan fingerprint density at radius 3 is 2.67 bits per heavy atom. The smallest absolute Gasteiger partial charge is 0.259 e. The minimum atomic E-state index is -0.219. The van der Waals surface area contributed by atoms with Gasteiger partial charge in [-0.3, -0.25) is 4.79 Å². The number of halogens is 1. The van der Waals surface area contributed by atoms with Crippen LogP contribution in [-0.4, -0.2) is 29.0 Å². The lowest BCUT2D eigenvalue weighted by atomic mass is 10.1. The van der Waals surface area contributed by atoms with E-state index in [2.05, 4.69) is 20.2 Å². The van der Waals surface area contributed by atoms with Crippen molar-refractivity contribution in [1.29, 1.82) is 0 Å². The molecule has 126 valence electrons. The van der Waals surface area contributed by atoms with Crippen LogP contribution in [0.2, 0.25) is 5.02 Å². The Morgan fingerprint density at radius 1 is 1.21 bits per heavy atom. The zero-order chi connectivity index (χ0) is 17.1. The summed E-state index contributed by atoms with van der Waals surface area (Å²) in [7, 11) is 0. The zero-order valence-corrected chi connectivity index (χ0v) is 14.7. The van der Waals surface area contributed by atoms with Gasteiger partial charge in [-0.15, -0.1) is 0 Å². The molecule has 24 heavy (non-hydrogen) atoms. The average molecular weight is 345 g/mol. The van der Waals surface area contributed by atoms with Crippen LogP contribution in [0.25, 0.3) is 0 Å². The van der Waals surface area contributed by atoms with Gasteiger partial charge in [0.1, 0.15) is 0 Å². The van der Waals surface area contributed by atoms with Crippen molar-refractivity contribution >= 4 is 29.1 Å². The molecule has 2 heterocycles. The van der Waals surface area contributed by atoms with Crippen LogP contribution in [0.4, 0.5) is 11.6 Å². The molecule has 0 unspecified atom stereocenters. The molecule has 0 atom stereocenters. The summed E-state index contributed by atoms with van der Waals surface area (Å²) in [4.78, 5) is 23.6. The lowest BCUT2D eigenvalue weighted by Gasteiger charge is -2.26. The molecule has 3 rings (SSSR count). The Balaban J connectivity index is 1.78. The number of rotatable bonds is 3. The highest BCUT2D eigenvalue weighted by Crippen LogP contribution is 2.24. The third-order valence-electron chi connectivity index (χ3n) is 4.37. The van der Waals surface area contributed by atoms with Gasteiger partial charge < -0.3 is 10.2 Å². The number of hydrogen-bond donors (Lipinski definition) is 1. The molecule has 0 radical (unpaired) electrons. The van der Waals surface area contributed by atoms with Crippen LogP contribution >= 0.6 is 11.6 Å². The lowest BCUT2D eigenvalue weighted by molar-refractivity contribution is 0.102. The Morgan fingerprint density at radius 2 is 1.96 bits per heavy atom. The van der Waals surface area contributed by atoms with E-state index in [9.17, 15) is 4.79 Å². The summed E-state index contributed by atoms with van der Waals surface area (Å²) in [5.74, 6) is 0.491. The molecular weight excluding hydrogens is 324 g/mol. The first-order valence-corrected chi connectivity index (χ1v) is 8.59. The summed E-state index contributed by atoms with van der Waals surface area (Å²) in [5.41, 5.74) is 2.71. The number of nitrogens with zero attached hydrogens (tertiary/aromatic N) is 3. The predicted octanol–water partition coefficient (Wildman–Crippen LogP) is 3.99. The number of aryl methyl sites for hydroxylation is 1. The Kier molecular flexibility index (Phi) is 5.00. The SMILES string of the molecule is Cc1nc(N2CCCCC2)ncc1C(=O)Nc1cccc(Cl)c1C. The van der Waals surface area contributed by atoms with Crippen LogP contribution in [-0.2, 0) is 0 Å². The standard InChI is InChI=1S/C18H21ClN4O/c1-12-15(19)7-6-8-16(12)22-17(24)14-11-20-18(21-13(14)2)23-9-4-3-5-10-23/h6-8,11H,3-5,9-10H2,1-2H3,(H,22,24). The van der Waals surface area contributed by atoms with Gasteiger partial charge in [-0.05, 0) is 50.8 Å². The summed E-state index contributed by atoms with van der Waals surface area (Å²) in [6.45, 7) is 5.68. The predicted molar refractivity (Wildman–Crippen MR) is 97.0 cm³/mol. The molecule has 1 aromatic heterocycles. The highest BCUT2D eigenvalue weighted by Gasteiger charge is 2.17. The van der Waals surface area contributed by atoms with E-state index in [0.29, 0.717) is 27.9 Å². The summed E-state index contributed by atoms with van der Waals surface area (Å²) >= 11 is 6.10. The molecule has 6 heteroatoms. The van der Waals surface area contributed by atoms with E-state index >= 15 is 0 Å². The molecule has 0 bridgehead atoms. The molecule has 5 nitrogen and oxygen atoms in total. The number of hydrogen-bond acceptors (Lipinski definition) is 4. The first-order valence-electron chi connectivity index (χ1n) is 8.21. The van der Waals surface area contributed by atoms with E-state index in [1.54, 1.807) is 12.3 Å². The molecule has 0 saturated carbocycles. The second kappa shape index (κ2) is 7.18. The van der Waals surface area contributed by atoms with Gasteiger partial charge in [0.25, 0.3) is 5.91 Å². The van der Waals surface area contributed by atoms with Crippen LogP contribution in [0.15, 0.2) is 24.4 Å². The lowest BCUT2D eigenvalue weighted by Crippen LogP contribution is -2.31. The number of carbonyl (C=O) groups is 1. The van der Waals surface area contributed by atoms with Crippen molar-refractivity contribution in [2.24, 2.45) is 0 Å². The van der Waals surface area contributed by atoms with Gasteiger partial charge in [0.15, 0.2) is 0 Å². The molecule has 1 saturated heterocycles. The van der Waals surface area contributed by atoms with Crippen LogP contribution in [0.5, 0.6) is 0 Å². The van der Waals surface area contributed by atoms with Gasteiger partial charge in [0, 0.05) is 30.0 Å². The maximum Gasteiger partial charge on any atom is 0.259 e. The van der Waals surface area contributed by atoms with Gasteiger partial charge in [-0.2, -0.15) is 0 Å². The largest absolute Gasteiger partial charge is 0.341 e. The highest BCUT2D eigenvalue weighted by atomic mass is 35.5. The van der Waals surface area contributed by atoms with Crippen LogP contribution in [0, 0.1) is 13.8 Å². The summed E-state index contributed by atoms with van der Waals surface area (Å²) < 4.78 is 0. The monoisotopic (exact) mass is 344 g/mol. The third kappa shape index (κ3) is 3.51. The molecule has 1 aliphatic heterocycles. The van der Waals surface area contributed by atoms with Crippen LogP contribution in [0.1, 0.15) is 40.9 Å². The van der Waals surface area contributed by atoms with Gasteiger partial charge in [0.05, 0.1) is 11.3 Å². The quantitative estimate of drug-likeness (QED) is 0.914. The van der Waals surface area contributed by atoms with E-state index in [-0.39, 0.29) is 5.91 Å². The average Bonchev–Trinajstić information content (AvgIpc) is 2.59. The molecule has 1 N–H and O–H groups in total. The molecule has 1 amide bonds. The molecule has 1 fully saturated rings. The minimum Gasteiger partial charge on any atom is -0.341 e. The maximum atomic E-state index is 12.5. The third-order valence-corrected chi connectivity index (χ3v) is 4.78. The molecular formula is C18H21ClN4O. The molecule has 1 aliphatic rings. The van der Waals surface area contributed by atoms with Gasteiger partial charge in [0.2, 0.25) is 5.95 Å². The first-order chi connectivity index (χ1) is 11.6. The maximum absolute atomic E-state index is 12.5. The van der Waals surface area contributed by atoms with Crippen molar-refractivity contribution in [2.75, 3.05) is 23.3 Å². The highest BCUT2D eigenvalue weighted by molar-refractivity contribution is 6.31. The normalized spacial score (nSPS) is 14.5. The van der Waals surface area contributed by atoms with E-state index in [1.807, 2.05) is 26.0 Å². The number of aromatic nitrogens is 2. The number of benzene rings is 1. The Bertz CT molecular complexity index is 757. The van der Waals surface area contributed by atoms with Crippen molar-refractivity contribution in [3.63, 3.8) is 0 Å². The molecule has 0 spiro atoms. The zero-order valence-electron chi connectivity index (χ0n) is 14.0. The fraction of sp³-hybridized carbons (Fsp3) is 0.389. The first kappa shape index (κ1) is 16.7. The Hall–Kier alpha value is -2.14. The van der Waals surface area contributed by atoms with Crippen molar-refractivity contribution < 1.29 is 4.79 Å². The second-order valence-corrected chi connectivity index (χ2v) is 6.49. The van der Waals surface area contributed by atoms with Crippen LogP contribution < -0.4 is 10.2 Å². The fourth-order valence-electron chi connectivity index (χ4n) is 2.86. The summed E-state index contributed by atoms with van der Waals surface area (Å²) in [5, 5.41) is 3.52.